The Kier molecular flexibility index (Phi) is 4.49. The van der Waals surface area contributed by atoms with Gasteiger partial charge in [0.1, 0.15) is 6.54 Å². The van der Waals surface area contributed by atoms with Crippen molar-refractivity contribution in [3.63, 3.8) is 0 Å². The van der Waals surface area contributed by atoms with E-state index < -0.39 is 5.97 Å². The highest BCUT2D eigenvalue weighted by Crippen LogP contribution is 2.31. The van der Waals surface area contributed by atoms with Crippen LogP contribution in [-0.2, 0) is 16.1 Å². The van der Waals surface area contributed by atoms with Crippen LogP contribution in [0.3, 0.4) is 0 Å². The molecule has 0 unspecified atom stereocenters. The van der Waals surface area contributed by atoms with Gasteiger partial charge in [0.2, 0.25) is 11.9 Å². The SMILES string of the molecule is O=C(O)Cn1cnc2c(-n3ncc4ccccc43)nc(N3CCN(C(=O)C4CC4)CC3)nc21. The Morgan fingerprint density at radius 3 is 2.61 bits per heavy atom. The van der Waals surface area contributed by atoms with E-state index in [-0.39, 0.29) is 18.4 Å². The van der Waals surface area contributed by atoms with E-state index in [0.29, 0.717) is 49.1 Å². The fourth-order valence-electron chi connectivity index (χ4n) is 4.32. The Bertz CT molecular complexity index is 1380. The van der Waals surface area contributed by atoms with Crippen LogP contribution in [0.2, 0.25) is 0 Å². The molecule has 0 spiro atoms. The summed E-state index contributed by atoms with van der Waals surface area (Å²) in [5.74, 6) is 0.441. The maximum atomic E-state index is 12.4. The molecule has 0 radical (unpaired) electrons. The first kappa shape index (κ1) is 19.6. The van der Waals surface area contributed by atoms with Gasteiger partial charge in [-0.15, -0.1) is 0 Å². The number of amides is 1. The molecule has 3 aromatic heterocycles. The summed E-state index contributed by atoms with van der Waals surface area (Å²) in [6, 6.07) is 7.79. The van der Waals surface area contributed by atoms with E-state index in [4.69, 9.17) is 4.98 Å². The number of aliphatic carboxylic acids is 1. The third-order valence-corrected chi connectivity index (χ3v) is 6.22. The fourth-order valence-corrected chi connectivity index (χ4v) is 4.32. The molecule has 2 aliphatic rings. The molecule has 0 atom stereocenters. The molecular formula is C22H22N8O3. The lowest BCUT2D eigenvalue weighted by atomic mass is 10.2. The van der Waals surface area contributed by atoms with Gasteiger partial charge in [0.05, 0.1) is 18.0 Å². The van der Waals surface area contributed by atoms with Crippen LogP contribution < -0.4 is 4.90 Å². The Morgan fingerprint density at radius 1 is 1.06 bits per heavy atom. The summed E-state index contributed by atoms with van der Waals surface area (Å²) in [6.45, 7) is 2.19. The van der Waals surface area contributed by atoms with Crippen LogP contribution in [0.15, 0.2) is 36.8 Å². The number of hydrogen-bond acceptors (Lipinski definition) is 7. The molecule has 1 N–H and O–H groups in total. The summed E-state index contributed by atoms with van der Waals surface area (Å²) in [5, 5.41) is 14.8. The molecule has 1 aliphatic heterocycles. The highest BCUT2D eigenvalue weighted by atomic mass is 16.4. The average molecular weight is 446 g/mol. The quantitative estimate of drug-likeness (QED) is 0.487. The maximum Gasteiger partial charge on any atom is 0.323 e. The molecule has 168 valence electrons. The number of aromatic nitrogens is 6. The lowest BCUT2D eigenvalue weighted by Crippen LogP contribution is -2.49. The average Bonchev–Trinajstić information content (AvgIpc) is 3.48. The molecule has 1 saturated heterocycles. The minimum Gasteiger partial charge on any atom is -0.480 e. The summed E-state index contributed by atoms with van der Waals surface area (Å²) in [6.07, 6.45) is 5.22. The third kappa shape index (κ3) is 3.45. The van der Waals surface area contributed by atoms with Crippen molar-refractivity contribution in [3.8, 4) is 5.82 Å². The number of rotatable bonds is 5. The first-order chi connectivity index (χ1) is 16.1. The number of nitrogens with zero attached hydrogens (tertiary/aromatic N) is 8. The van der Waals surface area contributed by atoms with Crippen LogP contribution in [0.25, 0.3) is 27.9 Å². The van der Waals surface area contributed by atoms with Crippen LogP contribution in [0.4, 0.5) is 5.95 Å². The summed E-state index contributed by atoms with van der Waals surface area (Å²) in [5.41, 5.74) is 1.79. The van der Waals surface area contributed by atoms with Crippen molar-refractivity contribution in [1.82, 2.24) is 34.2 Å². The molecule has 2 fully saturated rings. The Hall–Kier alpha value is -4.02. The second kappa shape index (κ2) is 7.54. The van der Waals surface area contributed by atoms with Crippen molar-refractivity contribution in [2.75, 3.05) is 31.1 Å². The largest absolute Gasteiger partial charge is 0.480 e. The molecular weight excluding hydrogens is 424 g/mol. The van der Waals surface area contributed by atoms with Crippen LogP contribution in [0.1, 0.15) is 12.8 Å². The smallest absolute Gasteiger partial charge is 0.323 e. The normalized spacial score (nSPS) is 16.6. The number of carboxylic acid groups (broad SMARTS) is 1. The molecule has 0 bridgehead atoms. The van der Waals surface area contributed by atoms with Crippen molar-refractivity contribution in [2.24, 2.45) is 5.92 Å². The Morgan fingerprint density at radius 2 is 1.85 bits per heavy atom. The van der Waals surface area contributed by atoms with Crippen LogP contribution in [0, 0.1) is 5.92 Å². The van der Waals surface area contributed by atoms with E-state index in [9.17, 15) is 14.7 Å². The van der Waals surface area contributed by atoms with Gasteiger partial charge in [0.25, 0.3) is 0 Å². The van der Waals surface area contributed by atoms with Gasteiger partial charge in [0.15, 0.2) is 17.0 Å². The van der Waals surface area contributed by atoms with E-state index in [0.717, 1.165) is 23.7 Å². The summed E-state index contributed by atoms with van der Waals surface area (Å²) < 4.78 is 3.22. The lowest BCUT2D eigenvalue weighted by molar-refractivity contribution is -0.137. The first-order valence-corrected chi connectivity index (χ1v) is 11.0. The van der Waals surface area contributed by atoms with Gasteiger partial charge >= 0.3 is 5.97 Å². The minimum atomic E-state index is -0.979. The zero-order valence-corrected chi connectivity index (χ0v) is 17.8. The van der Waals surface area contributed by atoms with E-state index in [1.54, 1.807) is 10.9 Å². The summed E-state index contributed by atoms with van der Waals surface area (Å²) in [7, 11) is 0. The van der Waals surface area contributed by atoms with E-state index in [2.05, 4.69) is 15.1 Å². The fraction of sp³-hybridized carbons (Fsp3) is 0.364. The van der Waals surface area contributed by atoms with Gasteiger partial charge in [-0.1, -0.05) is 18.2 Å². The van der Waals surface area contributed by atoms with E-state index >= 15 is 0 Å². The molecule has 1 aromatic carbocycles. The molecule has 11 heteroatoms. The lowest BCUT2D eigenvalue weighted by Gasteiger charge is -2.35. The molecule has 33 heavy (non-hydrogen) atoms. The van der Waals surface area contributed by atoms with Gasteiger partial charge in [-0.2, -0.15) is 15.1 Å². The van der Waals surface area contributed by atoms with Crippen molar-refractivity contribution in [3.05, 3.63) is 36.8 Å². The maximum absolute atomic E-state index is 12.4. The van der Waals surface area contributed by atoms with Crippen molar-refractivity contribution >= 4 is 39.9 Å². The number of carbonyl (C=O) groups is 2. The standard InChI is InChI=1S/C22H22N8O3/c31-17(32)12-29-13-23-18-19(29)25-22(28-9-7-27(8-10-28)21(33)14-5-6-14)26-20(18)30-16-4-2-1-3-15(16)11-24-30/h1-4,11,13-14H,5-10,12H2,(H,31,32). The zero-order chi connectivity index (χ0) is 22.5. The van der Waals surface area contributed by atoms with Gasteiger partial charge in [0, 0.05) is 37.5 Å². The van der Waals surface area contributed by atoms with Crippen molar-refractivity contribution < 1.29 is 14.7 Å². The summed E-state index contributed by atoms with van der Waals surface area (Å²) in [4.78, 5) is 41.7. The summed E-state index contributed by atoms with van der Waals surface area (Å²) >= 11 is 0. The second-order valence-electron chi connectivity index (χ2n) is 8.49. The van der Waals surface area contributed by atoms with E-state index in [1.165, 1.54) is 10.9 Å². The van der Waals surface area contributed by atoms with Crippen LogP contribution in [0.5, 0.6) is 0 Å². The number of fused-ring (bicyclic) bond motifs is 2. The highest BCUT2D eigenvalue weighted by Gasteiger charge is 2.35. The number of carbonyl (C=O) groups excluding carboxylic acids is 1. The third-order valence-electron chi connectivity index (χ3n) is 6.22. The molecule has 11 nitrogen and oxygen atoms in total. The number of piperazine rings is 1. The van der Waals surface area contributed by atoms with Crippen molar-refractivity contribution in [1.29, 1.82) is 0 Å². The van der Waals surface area contributed by atoms with Crippen LogP contribution in [-0.4, -0.2) is 77.4 Å². The Balaban J connectivity index is 1.42. The minimum absolute atomic E-state index is 0.203. The van der Waals surface area contributed by atoms with Gasteiger partial charge < -0.3 is 19.5 Å². The first-order valence-electron chi connectivity index (χ1n) is 11.0. The number of hydrogen-bond donors (Lipinski definition) is 1. The molecule has 6 rings (SSSR count). The van der Waals surface area contributed by atoms with Gasteiger partial charge in [-0.3, -0.25) is 9.59 Å². The van der Waals surface area contributed by atoms with E-state index in [1.807, 2.05) is 34.1 Å². The predicted molar refractivity (Wildman–Crippen MR) is 119 cm³/mol. The topological polar surface area (TPSA) is 122 Å². The molecule has 1 aliphatic carbocycles. The Labute approximate surface area is 188 Å². The zero-order valence-electron chi connectivity index (χ0n) is 17.8. The highest BCUT2D eigenvalue weighted by molar-refractivity contribution is 5.86. The number of carboxylic acids is 1. The number of imidazole rings is 1. The van der Waals surface area contributed by atoms with Crippen LogP contribution >= 0.6 is 0 Å². The number of anilines is 1. The van der Waals surface area contributed by atoms with Gasteiger partial charge in [-0.25, -0.2) is 9.67 Å². The van der Waals surface area contributed by atoms with Gasteiger partial charge in [-0.05, 0) is 18.9 Å². The molecule has 1 saturated carbocycles. The number of benzene rings is 1. The molecule has 4 heterocycles. The predicted octanol–water partition coefficient (Wildman–Crippen LogP) is 1.31. The molecule has 4 aromatic rings. The van der Waals surface area contributed by atoms with Crippen molar-refractivity contribution in [2.45, 2.75) is 19.4 Å². The number of para-hydroxylation sites is 1. The second-order valence-corrected chi connectivity index (χ2v) is 8.49. The monoisotopic (exact) mass is 446 g/mol. The molecule has 1 amide bonds.